The number of nitrogens with one attached hydrogen (secondary N) is 1. The molecule has 146 valence electrons. The molecule has 0 heterocycles. The molecular formula is C20H23ClF2N2OS. The predicted octanol–water partition coefficient (Wildman–Crippen LogP) is 4.46. The number of carbonyl (C=O) groups excluding carboxylic acids is 1. The van der Waals surface area contributed by atoms with E-state index in [2.05, 4.69) is 5.32 Å². The zero-order valence-electron chi connectivity index (χ0n) is 14.7. The highest BCUT2D eigenvalue weighted by atomic mass is 35.5. The highest BCUT2D eigenvalue weighted by Crippen LogP contribution is 2.37. The van der Waals surface area contributed by atoms with E-state index >= 15 is 0 Å². The van der Waals surface area contributed by atoms with Gasteiger partial charge in [-0.15, -0.1) is 24.2 Å². The second-order valence-corrected chi connectivity index (χ2v) is 7.70. The highest BCUT2D eigenvalue weighted by Gasteiger charge is 2.30. The van der Waals surface area contributed by atoms with Crippen LogP contribution in [-0.4, -0.2) is 18.5 Å². The van der Waals surface area contributed by atoms with Crippen molar-refractivity contribution in [1.82, 2.24) is 5.32 Å². The third-order valence-electron chi connectivity index (χ3n) is 4.77. The molecule has 1 saturated carbocycles. The van der Waals surface area contributed by atoms with Gasteiger partial charge < -0.3 is 11.1 Å². The third kappa shape index (κ3) is 5.43. The molecular weight excluding hydrogens is 390 g/mol. The summed E-state index contributed by atoms with van der Waals surface area (Å²) in [7, 11) is 0. The average molecular weight is 413 g/mol. The highest BCUT2D eigenvalue weighted by molar-refractivity contribution is 8.00. The Morgan fingerprint density at radius 1 is 1.15 bits per heavy atom. The van der Waals surface area contributed by atoms with Crippen molar-refractivity contribution in [2.75, 3.05) is 6.54 Å². The molecule has 1 aliphatic rings. The lowest BCUT2D eigenvalue weighted by atomic mass is 10.0. The van der Waals surface area contributed by atoms with Crippen molar-refractivity contribution in [2.24, 2.45) is 11.7 Å². The summed E-state index contributed by atoms with van der Waals surface area (Å²) >= 11 is 1.22. The fourth-order valence-corrected chi connectivity index (χ4v) is 4.41. The summed E-state index contributed by atoms with van der Waals surface area (Å²) < 4.78 is 26.7. The van der Waals surface area contributed by atoms with Crippen molar-refractivity contribution in [3.05, 3.63) is 65.7 Å². The summed E-state index contributed by atoms with van der Waals surface area (Å²) in [6, 6.07) is 13.1. The zero-order valence-corrected chi connectivity index (χ0v) is 16.4. The monoisotopic (exact) mass is 412 g/mol. The summed E-state index contributed by atoms with van der Waals surface area (Å²) in [4.78, 5) is 13.5. The molecule has 2 aromatic carbocycles. The lowest BCUT2D eigenvalue weighted by Crippen LogP contribution is -2.41. The van der Waals surface area contributed by atoms with E-state index in [0.717, 1.165) is 37.0 Å². The number of benzene rings is 2. The second kappa shape index (κ2) is 10.1. The Morgan fingerprint density at radius 3 is 2.56 bits per heavy atom. The molecule has 1 aliphatic carbocycles. The maximum absolute atomic E-state index is 13.6. The standard InChI is InChI=1S/C20H22F2N2OS.ClH/c21-16-10-9-15(11-17(16)22)26-19(13-5-2-1-3-6-13)20(25)24-18-8-4-7-14(18)12-23;/h1-3,5-6,9-11,14,18-19H,4,7-8,12,23H2,(H,24,25);1H. The number of halogens is 3. The molecule has 3 atom stereocenters. The van der Waals surface area contributed by atoms with E-state index in [1.807, 2.05) is 30.3 Å². The predicted molar refractivity (Wildman–Crippen MR) is 107 cm³/mol. The lowest BCUT2D eigenvalue weighted by Gasteiger charge is -2.23. The van der Waals surface area contributed by atoms with E-state index in [4.69, 9.17) is 5.73 Å². The number of nitrogens with two attached hydrogens (primary N) is 1. The van der Waals surface area contributed by atoms with Crippen LogP contribution in [0.15, 0.2) is 53.4 Å². The number of thioether (sulfide) groups is 1. The Morgan fingerprint density at radius 2 is 1.89 bits per heavy atom. The van der Waals surface area contributed by atoms with Crippen LogP contribution < -0.4 is 11.1 Å². The molecule has 0 spiro atoms. The van der Waals surface area contributed by atoms with Crippen molar-refractivity contribution in [3.8, 4) is 0 Å². The van der Waals surface area contributed by atoms with Crippen LogP contribution in [-0.2, 0) is 4.79 Å². The van der Waals surface area contributed by atoms with E-state index in [-0.39, 0.29) is 24.4 Å². The molecule has 0 bridgehead atoms. The molecule has 3 unspecified atom stereocenters. The van der Waals surface area contributed by atoms with E-state index in [0.29, 0.717) is 17.4 Å². The minimum Gasteiger partial charge on any atom is -0.352 e. The van der Waals surface area contributed by atoms with Gasteiger partial charge in [-0.25, -0.2) is 8.78 Å². The molecule has 3 nitrogen and oxygen atoms in total. The van der Waals surface area contributed by atoms with Crippen molar-refractivity contribution >= 4 is 30.1 Å². The fraction of sp³-hybridized carbons (Fsp3) is 0.350. The van der Waals surface area contributed by atoms with Gasteiger partial charge in [0.25, 0.3) is 0 Å². The zero-order chi connectivity index (χ0) is 18.5. The summed E-state index contributed by atoms with van der Waals surface area (Å²) in [5.74, 6) is -1.65. The van der Waals surface area contributed by atoms with Crippen LogP contribution in [0, 0.1) is 17.6 Å². The van der Waals surface area contributed by atoms with Crippen LogP contribution in [0.3, 0.4) is 0 Å². The van der Waals surface area contributed by atoms with Crippen LogP contribution in [0.5, 0.6) is 0 Å². The Kier molecular flexibility index (Phi) is 8.07. The molecule has 7 heteroatoms. The van der Waals surface area contributed by atoms with Gasteiger partial charge in [-0.3, -0.25) is 4.79 Å². The molecule has 1 amide bonds. The SMILES string of the molecule is Cl.NCC1CCCC1NC(=O)C(Sc1ccc(F)c(F)c1)c1ccccc1. The number of amides is 1. The summed E-state index contributed by atoms with van der Waals surface area (Å²) in [5, 5.41) is 2.58. The first kappa shape index (κ1) is 21.7. The largest absolute Gasteiger partial charge is 0.352 e. The Balaban J connectivity index is 0.00000261. The number of hydrogen-bond donors (Lipinski definition) is 2. The molecule has 0 aromatic heterocycles. The minimum atomic E-state index is -0.916. The van der Waals surface area contributed by atoms with Gasteiger partial charge in [0.2, 0.25) is 5.91 Å². The maximum atomic E-state index is 13.6. The molecule has 2 aromatic rings. The van der Waals surface area contributed by atoms with Crippen molar-refractivity contribution < 1.29 is 13.6 Å². The third-order valence-corrected chi connectivity index (χ3v) is 6.02. The lowest BCUT2D eigenvalue weighted by molar-refractivity contribution is -0.121. The first-order valence-corrected chi connectivity index (χ1v) is 9.63. The Hall–Kier alpha value is -1.63. The quantitative estimate of drug-likeness (QED) is 0.688. The van der Waals surface area contributed by atoms with Gasteiger partial charge in [0, 0.05) is 10.9 Å². The topological polar surface area (TPSA) is 55.1 Å². The van der Waals surface area contributed by atoms with Crippen LogP contribution in [0.2, 0.25) is 0 Å². The number of hydrogen-bond acceptors (Lipinski definition) is 3. The Bertz CT molecular complexity index is 763. The summed E-state index contributed by atoms with van der Waals surface area (Å²) in [6.07, 6.45) is 3.00. The van der Waals surface area contributed by atoms with Crippen molar-refractivity contribution in [3.63, 3.8) is 0 Å². The van der Waals surface area contributed by atoms with E-state index in [1.165, 1.54) is 17.8 Å². The van der Waals surface area contributed by atoms with Crippen LogP contribution in [0.25, 0.3) is 0 Å². The fourth-order valence-electron chi connectivity index (χ4n) is 3.35. The van der Waals surface area contributed by atoms with Crippen molar-refractivity contribution in [2.45, 2.75) is 35.4 Å². The summed E-state index contributed by atoms with van der Waals surface area (Å²) in [6.45, 7) is 0.553. The molecule has 0 saturated heterocycles. The number of carbonyl (C=O) groups is 1. The molecule has 0 aliphatic heterocycles. The van der Waals surface area contributed by atoms with Gasteiger partial charge in [-0.1, -0.05) is 36.8 Å². The van der Waals surface area contributed by atoms with Crippen molar-refractivity contribution in [1.29, 1.82) is 0 Å². The normalized spacial score (nSPS) is 20.0. The first-order chi connectivity index (χ1) is 12.6. The van der Waals surface area contributed by atoms with E-state index < -0.39 is 16.9 Å². The molecule has 1 fully saturated rings. The molecule has 3 rings (SSSR count). The van der Waals surface area contributed by atoms with Gasteiger partial charge in [-0.05, 0) is 49.1 Å². The van der Waals surface area contributed by atoms with Gasteiger partial charge in [0.15, 0.2) is 11.6 Å². The molecule has 3 N–H and O–H groups in total. The van der Waals surface area contributed by atoms with Crippen LogP contribution in [0.1, 0.15) is 30.1 Å². The first-order valence-electron chi connectivity index (χ1n) is 8.75. The average Bonchev–Trinajstić information content (AvgIpc) is 3.10. The van der Waals surface area contributed by atoms with Gasteiger partial charge in [-0.2, -0.15) is 0 Å². The maximum Gasteiger partial charge on any atom is 0.238 e. The minimum absolute atomic E-state index is 0. The molecule has 27 heavy (non-hydrogen) atoms. The smallest absolute Gasteiger partial charge is 0.238 e. The van der Waals surface area contributed by atoms with Crippen LogP contribution >= 0.6 is 24.2 Å². The van der Waals surface area contributed by atoms with Gasteiger partial charge in [0.05, 0.1) is 0 Å². The summed E-state index contributed by atoms with van der Waals surface area (Å²) in [5.41, 5.74) is 6.63. The van der Waals surface area contributed by atoms with Gasteiger partial charge >= 0.3 is 0 Å². The van der Waals surface area contributed by atoms with Gasteiger partial charge in [0.1, 0.15) is 5.25 Å². The second-order valence-electron chi connectivity index (χ2n) is 6.53. The van der Waals surface area contributed by atoms with Crippen LogP contribution in [0.4, 0.5) is 8.78 Å². The van der Waals surface area contributed by atoms with E-state index in [9.17, 15) is 13.6 Å². The number of rotatable bonds is 6. The Labute approximate surface area is 168 Å². The van der Waals surface area contributed by atoms with E-state index in [1.54, 1.807) is 0 Å². The molecule has 0 radical (unpaired) electrons.